The number of benzene rings is 2. The van der Waals surface area contributed by atoms with Gasteiger partial charge in [-0.25, -0.2) is 8.42 Å². The molecule has 0 radical (unpaired) electrons. The summed E-state index contributed by atoms with van der Waals surface area (Å²) in [7, 11) is -0.920. The smallest absolute Gasteiger partial charge is 0.315 e. The van der Waals surface area contributed by atoms with E-state index in [1.54, 1.807) is 25.1 Å². The Hall–Kier alpha value is -2.76. The fourth-order valence-corrected chi connectivity index (χ4v) is 5.80. The van der Waals surface area contributed by atoms with Crippen LogP contribution in [-0.4, -0.2) is 56.5 Å². The third-order valence-electron chi connectivity index (χ3n) is 5.24. The number of amides is 1. The quantitative estimate of drug-likeness (QED) is 0.460. The van der Waals surface area contributed by atoms with Crippen LogP contribution in [0.3, 0.4) is 0 Å². The van der Waals surface area contributed by atoms with E-state index in [0.29, 0.717) is 29.4 Å². The van der Waals surface area contributed by atoms with E-state index < -0.39 is 21.2 Å². The number of esters is 1. The molecule has 1 atom stereocenters. The number of ether oxygens (including phenoxy) is 3. The second-order valence-corrected chi connectivity index (χ2v) is 10.5. The molecule has 2 aromatic carbocycles. The van der Waals surface area contributed by atoms with Crippen molar-refractivity contribution in [3.8, 4) is 11.5 Å². The number of thioether (sulfide) groups is 1. The highest BCUT2D eigenvalue weighted by Crippen LogP contribution is 2.29. The molecule has 1 saturated heterocycles. The molecule has 1 amide bonds. The normalized spacial score (nSPS) is 17.3. The summed E-state index contributed by atoms with van der Waals surface area (Å²) in [4.78, 5) is 24.0. The Morgan fingerprint density at radius 1 is 1.09 bits per heavy atom. The van der Waals surface area contributed by atoms with Crippen LogP contribution in [0.4, 0.5) is 0 Å². The predicted octanol–water partition coefficient (Wildman–Crippen LogP) is 2.29. The maximum Gasteiger partial charge on any atom is 0.315 e. The van der Waals surface area contributed by atoms with Crippen LogP contribution in [0.2, 0.25) is 0 Å². The monoisotopic (exact) mass is 508 g/mol. The molecule has 1 aliphatic heterocycles. The summed E-state index contributed by atoms with van der Waals surface area (Å²) in [6.45, 7) is 2.14. The number of sulfonamides is 1. The van der Waals surface area contributed by atoms with E-state index in [1.807, 2.05) is 24.3 Å². The van der Waals surface area contributed by atoms with Gasteiger partial charge < -0.3 is 14.2 Å². The number of hydrazine groups is 1. The summed E-state index contributed by atoms with van der Waals surface area (Å²) >= 11 is 1.44. The molecule has 9 nitrogen and oxygen atoms in total. The molecule has 0 spiro atoms. The molecule has 0 bridgehead atoms. The third-order valence-corrected chi connectivity index (χ3v) is 8.15. The molecular weight excluding hydrogens is 480 g/mol. The van der Waals surface area contributed by atoms with Gasteiger partial charge in [0.25, 0.3) is 5.91 Å². The van der Waals surface area contributed by atoms with Crippen LogP contribution in [-0.2, 0) is 43.1 Å². The van der Waals surface area contributed by atoms with E-state index in [-0.39, 0.29) is 24.7 Å². The van der Waals surface area contributed by atoms with Gasteiger partial charge in [-0.1, -0.05) is 30.3 Å². The Kier molecular flexibility index (Phi) is 8.81. The largest absolute Gasteiger partial charge is 0.497 e. The summed E-state index contributed by atoms with van der Waals surface area (Å²) in [5.74, 6) is 1.10. The minimum absolute atomic E-state index is 0.0145. The van der Waals surface area contributed by atoms with E-state index in [0.717, 1.165) is 15.5 Å². The van der Waals surface area contributed by atoms with Gasteiger partial charge in [-0.2, -0.15) is 0 Å². The Morgan fingerprint density at radius 2 is 1.79 bits per heavy atom. The lowest BCUT2D eigenvalue weighted by molar-refractivity contribution is -0.139. The van der Waals surface area contributed by atoms with Gasteiger partial charge in [-0.15, -0.1) is 16.2 Å². The molecule has 1 aliphatic rings. The number of carbonyl (C=O) groups is 2. The molecule has 0 aliphatic carbocycles. The van der Waals surface area contributed by atoms with Crippen molar-refractivity contribution in [2.75, 3.05) is 26.6 Å². The maximum atomic E-state index is 13.1. The molecule has 11 heteroatoms. The highest BCUT2D eigenvalue weighted by molar-refractivity contribution is 7.99. The van der Waals surface area contributed by atoms with Gasteiger partial charge in [0.05, 0.1) is 33.1 Å². The molecule has 184 valence electrons. The number of rotatable bonds is 11. The first-order chi connectivity index (χ1) is 16.3. The van der Waals surface area contributed by atoms with E-state index >= 15 is 0 Å². The fourth-order valence-electron chi connectivity index (χ4n) is 3.46. The average molecular weight is 509 g/mol. The van der Waals surface area contributed by atoms with Crippen molar-refractivity contribution in [1.82, 2.24) is 9.84 Å². The number of nitrogens with zero attached hydrogens (tertiary/aromatic N) is 1. The van der Waals surface area contributed by atoms with Crippen molar-refractivity contribution in [3.63, 3.8) is 0 Å². The zero-order valence-corrected chi connectivity index (χ0v) is 20.9. The van der Waals surface area contributed by atoms with Gasteiger partial charge in [0.15, 0.2) is 5.25 Å². The van der Waals surface area contributed by atoms with Crippen molar-refractivity contribution in [2.24, 2.45) is 0 Å². The standard InChI is InChI=1S/C23H28N2O7S2/c1-4-32-22(26)15-33-14-17-7-5-16(6-8-17)13-25-24-23(27)21(34(25,28)29)11-18-9-10-19(30-2)12-20(18)31-3/h5-10,12,21H,4,11,13-15H2,1-3H3,(H,24,27). The van der Waals surface area contributed by atoms with Crippen LogP contribution in [0.5, 0.6) is 11.5 Å². The summed E-state index contributed by atoms with van der Waals surface area (Å²) in [5, 5.41) is -1.26. The SMILES string of the molecule is CCOC(=O)CSCc1ccc(CN2NC(=O)C(Cc3ccc(OC)cc3OC)S2(=O)=O)cc1. The van der Waals surface area contributed by atoms with Crippen LogP contribution in [0.15, 0.2) is 42.5 Å². The van der Waals surface area contributed by atoms with Gasteiger partial charge in [-0.3, -0.25) is 15.0 Å². The summed E-state index contributed by atoms with van der Waals surface area (Å²) < 4.78 is 42.6. The van der Waals surface area contributed by atoms with E-state index in [1.165, 1.54) is 26.0 Å². The van der Waals surface area contributed by atoms with Crippen LogP contribution in [0.25, 0.3) is 0 Å². The molecule has 1 N–H and O–H groups in total. The van der Waals surface area contributed by atoms with Crippen molar-refractivity contribution in [2.45, 2.75) is 30.9 Å². The van der Waals surface area contributed by atoms with Crippen molar-refractivity contribution >= 4 is 33.7 Å². The molecule has 1 fully saturated rings. The first-order valence-corrected chi connectivity index (χ1v) is 13.3. The Morgan fingerprint density at radius 3 is 2.44 bits per heavy atom. The zero-order chi connectivity index (χ0) is 24.7. The number of nitrogens with one attached hydrogen (secondary N) is 1. The van der Waals surface area contributed by atoms with Gasteiger partial charge in [0, 0.05) is 18.2 Å². The van der Waals surface area contributed by atoms with Crippen LogP contribution in [0.1, 0.15) is 23.6 Å². The molecule has 3 rings (SSSR count). The average Bonchev–Trinajstić information content (AvgIpc) is 3.03. The first-order valence-electron chi connectivity index (χ1n) is 10.6. The number of hydrogen-bond acceptors (Lipinski definition) is 8. The van der Waals surface area contributed by atoms with E-state index in [4.69, 9.17) is 14.2 Å². The molecule has 2 aromatic rings. The highest BCUT2D eigenvalue weighted by Gasteiger charge is 2.45. The number of carbonyl (C=O) groups excluding carboxylic acids is 2. The van der Waals surface area contributed by atoms with Crippen molar-refractivity contribution in [3.05, 3.63) is 59.2 Å². The summed E-state index contributed by atoms with van der Waals surface area (Å²) in [5.41, 5.74) is 4.80. The second-order valence-electron chi connectivity index (χ2n) is 7.51. The highest BCUT2D eigenvalue weighted by atomic mass is 32.2. The molecular formula is C23H28N2O7S2. The van der Waals surface area contributed by atoms with Gasteiger partial charge in [-0.05, 0) is 29.7 Å². The minimum Gasteiger partial charge on any atom is -0.497 e. The van der Waals surface area contributed by atoms with Crippen molar-refractivity contribution < 1.29 is 32.2 Å². The summed E-state index contributed by atoms with van der Waals surface area (Å²) in [6, 6.07) is 12.4. The maximum absolute atomic E-state index is 13.1. The summed E-state index contributed by atoms with van der Waals surface area (Å²) in [6.07, 6.45) is -0.0194. The number of hydrogen-bond donors (Lipinski definition) is 1. The van der Waals surface area contributed by atoms with Gasteiger partial charge >= 0.3 is 5.97 Å². The lowest BCUT2D eigenvalue weighted by atomic mass is 10.1. The van der Waals surface area contributed by atoms with Gasteiger partial charge in [0.2, 0.25) is 10.0 Å². The third kappa shape index (κ3) is 6.22. The molecule has 0 aromatic heterocycles. The molecule has 0 saturated carbocycles. The predicted molar refractivity (Wildman–Crippen MR) is 129 cm³/mol. The number of methoxy groups -OCH3 is 2. The first kappa shape index (κ1) is 25.9. The topological polar surface area (TPSA) is 111 Å². The van der Waals surface area contributed by atoms with Gasteiger partial charge in [0.1, 0.15) is 11.5 Å². The van der Waals surface area contributed by atoms with E-state index in [9.17, 15) is 18.0 Å². The minimum atomic E-state index is -3.92. The Bertz CT molecular complexity index is 1120. The van der Waals surface area contributed by atoms with Crippen LogP contribution in [0, 0.1) is 0 Å². The second kappa shape index (κ2) is 11.6. The zero-order valence-electron chi connectivity index (χ0n) is 19.3. The molecule has 1 unspecified atom stereocenters. The van der Waals surface area contributed by atoms with Crippen LogP contribution < -0.4 is 14.9 Å². The Balaban J connectivity index is 1.63. The molecule has 1 heterocycles. The van der Waals surface area contributed by atoms with E-state index in [2.05, 4.69) is 5.43 Å². The molecule has 34 heavy (non-hydrogen) atoms. The lowest BCUT2D eigenvalue weighted by Crippen LogP contribution is -2.35. The van der Waals surface area contributed by atoms with Crippen LogP contribution >= 0.6 is 11.8 Å². The fraction of sp³-hybridized carbons (Fsp3) is 0.391. The Labute approximate surface area is 203 Å². The van der Waals surface area contributed by atoms with Crippen molar-refractivity contribution in [1.29, 1.82) is 0 Å². The lowest BCUT2D eigenvalue weighted by Gasteiger charge is -2.16.